The quantitative estimate of drug-likeness (QED) is 0.382. The maximum Gasteiger partial charge on any atom is 0.272 e. The first kappa shape index (κ1) is 27.0. The van der Waals surface area contributed by atoms with Gasteiger partial charge in [0.15, 0.2) is 0 Å². The molecule has 10 heteroatoms. The number of rotatable bonds is 9. The maximum atomic E-state index is 13.2. The van der Waals surface area contributed by atoms with Crippen LogP contribution >= 0.6 is 11.6 Å². The standard InChI is InChI=1S/C27H36ClN7O2/c1-18-13-30-26(32-21-8-10-37-11-9-21)34-24(18)35-15-23(31-17-35)25(36)33-22(14-29-16-27(2,3)4)19-6-5-7-20(28)12-19/h5-7,12-13,15,17,21-22,29H,8-11,14,16H2,1-4H3,(H,33,36)(H,30,32,34)/t22-/m1/s1. The number of anilines is 1. The van der Waals surface area contributed by atoms with Crippen LogP contribution in [-0.4, -0.2) is 57.8 Å². The molecular formula is C27H36ClN7O2. The molecule has 1 aromatic carbocycles. The van der Waals surface area contributed by atoms with E-state index in [0.717, 1.165) is 43.7 Å². The molecule has 2 aromatic heterocycles. The van der Waals surface area contributed by atoms with Crippen molar-refractivity contribution in [1.29, 1.82) is 0 Å². The van der Waals surface area contributed by atoms with Gasteiger partial charge in [0.05, 0.1) is 6.04 Å². The van der Waals surface area contributed by atoms with E-state index in [0.29, 0.717) is 29.0 Å². The zero-order chi connectivity index (χ0) is 26.4. The molecule has 0 unspecified atom stereocenters. The molecule has 198 valence electrons. The molecule has 0 saturated carbocycles. The number of imidazole rings is 1. The second-order valence-electron chi connectivity index (χ2n) is 10.7. The Bertz CT molecular complexity index is 1200. The van der Waals surface area contributed by atoms with Gasteiger partial charge in [-0.2, -0.15) is 4.98 Å². The first-order chi connectivity index (χ1) is 17.7. The van der Waals surface area contributed by atoms with Crippen molar-refractivity contribution in [1.82, 2.24) is 30.2 Å². The Morgan fingerprint density at radius 1 is 1.24 bits per heavy atom. The normalized spacial score (nSPS) is 15.4. The zero-order valence-electron chi connectivity index (χ0n) is 21.9. The van der Waals surface area contributed by atoms with Crippen LogP contribution in [0.25, 0.3) is 5.82 Å². The molecule has 1 atom stereocenters. The van der Waals surface area contributed by atoms with E-state index in [1.54, 1.807) is 23.3 Å². The fourth-order valence-corrected chi connectivity index (χ4v) is 4.34. The van der Waals surface area contributed by atoms with Gasteiger partial charge in [0.1, 0.15) is 17.8 Å². The number of carbonyl (C=O) groups is 1. The van der Waals surface area contributed by atoms with Gasteiger partial charge in [-0.05, 0) is 42.9 Å². The minimum absolute atomic E-state index is 0.121. The summed E-state index contributed by atoms with van der Waals surface area (Å²) in [5, 5.41) is 10.6. The number of carbonyl (C=O) groups excluding carboxylic acids is 1. The molecule has 1 fully saturated rings. The Morgan fingerprint density at radius 2 is 2.03 bits per heavy atom. The number of benzene rings is 1. The van der Waals surface area contributed by atoms with E-state index in [1.807, 2.05) is 31.2 Å². The van der Waals surface area contributed by atoms with Crippen molar-refractivity contribution in [2.24, 2.45) is 5.41 Å². The highest BCUT2D eigenvalue weighted by Gasteiger charge is 2.20. The highest BCUT2D eigenvalue weighted by atomic mass is 35.5. The van der Waals surface area contributed by atoms with Gasteiger partial charge in [-0.3, -0.25) is 9.36 Å². The molecule has 37 heavy (non-hydrogen) atoms. The van der Waals surface area contributed by atoms with Crippen LogP contribution in [0.15, 0.2) is 43.0 Å². The third kappa shape index (κ3) is 7.74. The summed E-state index contributed by atoms with van der Waals surface area (Å²) < 4.78 is 7.19. The topological polar surface area (TPSA) is 106 Å². The summed E-state index contributed by atoms with van der Waals surface area (Å²) in [5.41, 5.74) is 2.23. The lowest BCUT2D eigenvalue weighted by molar-refractivity contribution is 0.0903. The number of amides is 1. The van der Waals surface area contributed by atoms with E-state index < -0.39 is 0 Å². The molecule has 3 aromatic rings. The van der Waals surface area contributed by atoms with Gasteiger partial charge in [-0.15, -0.1) is 0 Å². The van der Waals surface area contributed by atoms with Gasteiger partial charge in [0.25, 0.3) is 5.91 Å². The van der Waals surface area contributed by atoms with Crippen molar-refractivity contribution in [3.05, 3.63) is 64.8 Å². The minimum atomic E-state index is -0.270. The van der Waals surface area contributed by atoms with Crippen LogP contribution in [0.3, 0.4) is 0 Å². The van der Waals surface area contributed by atoms with Crippen LogP contribution in [-0.2, 0) is 4.74 Å². The largest absolute Gasteiger partial charge is 0.381 e. The Labute approximate surface area is 223 Å². The van der Waals surface area contributed by atoms with E-state index in [-0.39, 0.29) is 23.4 Å². The summed E-state index contributed by atoms with van der Waals surface area (Å²) in [4.78, 5) is 26.7. The second-order valence-corrected chi connectivity index (χ2v) is 11.1. The molecule has 3 N–H and O–H groups in total. The van der Waals surface area contributed by atoms with Crippen LogP contribution in [0.5, 0.6) is 0 Å². The summed E-state index contributed by atoms with van der Waals surface area (Å²) in [7, 11) is 0. The average molecular weight is 526 g/mol. The highest BCUT2D eigenvalue weighted by molar-refractivity contribution is 6.30. The Balaban J connectivity index is 1.48. The summed E-state index contributed by atoms with van der Waals surface area (Å²) >= 11 is 6.24. The third-order valence-electron chi connectivity index (χ3n) is 6.12. The van der Waals surface area contributed by atoms with Crippen LogP contribution in [0.2, 0.25) is 5.02 Å². The predicted octanol–water partition coefficient (Wildman–Crippen LogP) is 4.32. The van der Waals surface area contributed by atoms with Crippen molar-refractivity contribution in [3.63, 3.8) is 0 Å². The van der Waals surface area contributed by atoms with Gasteiger partial charge in [-0.1, -0.05) is 44.5 Å². The number of aromatic nitrogens is 4. The molecule has 1 saturated heterocycles. The number of hydrogen-bond donors (Lipinski definition) is 3. The number of aryl methyl sites for hydroxylation is 1. The van der Waals surface area contributed by atoms with E-state index in [4.69, 9.17) is 21.3 Å². The van der Waals surface area contributed by atoms with Crippen molar-refractivity contribution < 1.29 is 9.53 Å². The zero-order valence-corrected chi connectivity index (χ0v) is 22.7. The van der Waals surface area contributed by atoms with Crippen molar-refractivity contribution >= 4 is 23.5 Å². The molecule has 1 aliphatic rings. The average Bonchev–Trinajstić information content (AvgIpc) is 3.35. The molecule has 4 rings (SSSR count). The summed E-state index contributed by atoms with van der Waals surface area (Å²) in [6.07, 6.45) is 6.91. The van der Waals surface area contributed by atoms with E-state index >= 15 is 0 Å². The van der Waals surface area contributed by atoms with Crippen LogP contribution in [0.1, 0.15) is 61.3 Å². The predicted molar refractivity (Wildman–Crippen MR) is 145 cm³/mol. The fourth-order valence-electron chi connectivity index (χ4n) is 4.14. The molecule has 3 heterocycles. The monoisotopic (exact) mass is 525 g/mol. The first-order valence-electron chi connectivity index (χ1n) is 12.7. The van der Waals surface area contributed by atoms with E-state index in [9.17, 15) is 4.79 Å². The van der Waals surface area contributed by atoms with Crippen LogP contribution in [0, 0.1) is 12.3 Å². The summed E-state index contributed by atoms with van der Waals surface area (Å²) in [6, 6.07) is 7.56. The van der Waals surface area contributed by atoms with E-state index in [2.05, 4.69) is 46.7 Å². The van der Waals surface area contributed by atoms with Gasteiger partial charge < -0.3 is 20.7 Å². The number of nitrogens with zero attached hydrogens (tertiary/aromatic N) is 4. The van der Waals surface area contributed by atoms with Crippen LogP contribution < -0.4 is 16.0 Å². The van der Waals surface area contributed by atoms with Gasteiger partial charge in [-0.25, -0.2) is 9.97 Å². The summed E-state index contributed by atoms with van der Waals surface area (Å²) in [6.45, 7) is 11.3. The highest BCUT2D eigenvalue weighted by Crippen LogP contribution is 2.20. The first-order valence-corrected chi connectivity index (χ1v) is 13.0. The molecule has 0 bridgehead atoms. The van der Waals surface area contributed by atoms with Gasteiger partial charge in [0.2, 0.25) is 5.95 Å². The molecular weight excluding hydrogens is 490 g/mol. The van der Waals surface area contributed by atoms with Crippen LogP contribution in [0.4, 0.5) is 5.95 Å². The van der Waals surface area contributed by atoms with Crippen molar-refractivity contribution in [3.8, 4) is 5.82 Å². The van der Waals surface area contributed by atoms with Gasteiger partial charge in [0, 0.05) is 55.3 Å². The Morgan fingerprint density at radius 3 is 2.76 bits per heavy atom. The molecule has 0 spiro atoms. The van der Waals surface area contributed by atoms with Gasteiger partial charge >= 0.3 is 0 Å². The lowest BCUT2D eigenvalue weighted by Crippen LogP contribution is -2.38. The lowest BCUT2D eigenvalue weighted by Gasteiger charge is -2.23. The SMILES string of the molecule is Cc1cnc(NC2CCOCC2)nc1-n1cnc(C(=O)N[C@H](CNCC(C)(C)C)c2cccc(Cl)c2)c1. The molecule has 1 amide bonds. The Kier molecular flexibility index (Phi) is 8.79. The molecule has 9 nitrogen and oxygen atoms in total. The van der Waals surface area contributed by atoms with E-state index in [1.165, 1.54) is 0 Å². The fraction of sp³-hybridized carbons (Fsp3) is 0.481. The maximum absolute atomic E-state index is 13.2. The van der Waals surface area contributed by atoms with Crippen molar-refractivity contribution in [2.75, 3.05) is 31.6 Å². The molecule has 0 aliphatic carbocycles. The number of ether oxygens (including phenoxy) is 1. The Hall–Kier alpha value is -3.01. The van der Waals surface area contributed by atoms with Crippen molar-refractivity contribution in [2.45, 2.75) is 52.6 Å². The second kappa shape index (κ2) is 12.0. The lowest BCUT2D eigenvalue weighted by atomic mass is 9.96. The third-order valence-corrected chi connectivity index (χ3v) is 6.35. The smallest absolute Gasteiger partial charge is 0.272 e. The molecule has 1 aliphatic heterocycles. The molecule has 0 radical (unpaired) electrons. The number of hydrogen-bond acceptors (Lipinski definition) is 7. The minimum Gasteiger partial charge on any atom is -0.381 e. The summed E-state index contributed by atoms with van der Waals surface area (Å²) in [5.74, 6) is 0.959. The number of halogens is 1. The number of nitrogens with one attached hydrogen (secondary N) is 3.